The molecule has 0 radical (unpaired) electrons. The predicted octanol–water partition coefficient (Wildman–Crippen LogP) is 0.481. The van der Waals surface area contributed by atoms with Gasteiger partial charge in [-0.25, -0.2) is 0 Å². The lowest BCUT2D eigenvalue weighted by Crippen LogP contribution is -2.19. The number of rotatable bonds is 4. The van der Waals surface area contributed by atoms with Gasteiger partial charge in [0.15, 0.2) is 0 Å². The molecular formula is C5H12BrNO. The molecule has 0 saturated carbocycles. The Bertz CT molecular complexity index is 51.7. The standard InChI is InChI=1S/C5H12BrNO/c6-3-1-2-5(8)4-7/h5,8H,1-4,7H2/t5-/m1/s1. The van der Waals surface area contributed by atoms with Crippen LogP contribution in [0.25, 0.3) is 0 Å². The minimum atomic E-state index is -0.299. The summed E-state index contributed by atoms with van der Waals surface area (Å²) in [7, 11) is 0. The molecule has 3 N–H and O–H groups in total. The second kappa shape index (κ2) is 5.54. The van der Waals surface area contributed by atoms with Crippen molar-refractivity contribution >= 4 is 15.9 Å². The fourth-order valence-corrected chi connectivity index (χ4v) is 0.754. The van der Waals surface area contributed by atoms with Crippen LogP contribution in [-0.4, -0.2) is 23.1 Å². The lowest BCUT2D eigenvalue weighted by atomic mass is 10.2. The predicted molar refractivity (Wildman–Crippen MR) is 38.1 cm³/mol. The Morgan fingerprint density at radius 3 is 2.62 bits per heavy atom. The van der Waals surface area contributed by atoms with Crippen molar-refractivity contribution in [2.45, 2.75) is 18.9 Å². The summed E-state index contributed by atoms with van der Waals surface area (Å²) in [6.07, 6.45) is 1.51. The van der Waals surface area contributed by atoms with Crippen molar-refractivity contribution in [2.75, 3.05) is 11.9 Å². The highest BCUT2D eigenvalue weighted by Gasteiger charge is 1.97. The van der Waals surface area contributed by atoms with Crippen molar-refractivity contribution in [2.24, 2.45) is 5.73 Å². The zero-order chi connectivity index (χ0) is 6.41. The smallest absolute Gasteiger partial charge is 0.0662 e. The van der Waals surface area contributed by atoms with Crippen LogP contribution in [0.5, 0.6) is 0 Å². The van der Waals surface area contributed by atoms with Gasteiger partial charge >= 0.3 is 0 Å². The van der Waals surface area contributed by atoms with Crippen molar-refractivity contribution in [3.63, 3.8) is 0 Å². The van der Waals surface area contributed by atoms with E-state index in [9.17, 15) is 0 Å². The molecule has 0 aromatic rings. The number of aliphatic hydroxyl groups is 1. The number of hydrogen-bond acceptors (Lipinski definition) is 2. The summed E-state index contributed by atoms with van der Waals surface area (Å²) in [6, 6.07) is 0. The van der Waals surface area contributed by atoms with Gasteiger partial charge in [0.25, 0.3) is 0 Å². The largest absolute Gasteiger partial charge is 0.392 e. The van der Waals surface area contributed by atoms with Crippen LogP contribution < -0.4 is 5.73 Å². The van der Waals surface area contributed by atoms with E-state index in [1.807, 2.05) is 0 Å². The molecule has 0 aliphatic rings. The van der Waals surface area contributed by atoms with Gasteiger partial charge in [0, 0.05) is 11.9 Å². The molecule has 8 heavy (non-hydrogen) atoms. The molecule has 0 saturated heterocycles. The van der Waals surface area contributed by atoms with E-state index < -0.39 is 0 Å². The number of nitrogens with two attached hydrogens (primary N) is 1. The second-order valence-corrected chi connectivity index (χ2v) is 2.51. The first-order valence-corrected chi connectivity index (χ1v) is 3.87. The first kappa shape index (κ1) is 8.40. The summed E-state index contributed by atoms with van der Waals surface area (Å²) < 4.78 is 0. The normalized spacial score (nSPS) is 13.9. The van der Waals surface area contributed by atoms with Crippen LogP contribution in [0, 0.1) is 0 Å². The van der Waals surface area contributed by atoms with Crippen molar-refractivity contribution in [3.8, 4) is 0 Å². The van der Waals surface area contributed by atoms with Crippen molar-refractivity contribution in [1.82, 2.24) is 0 Å². The maximum absolute atomic E-state index is 8.84. The SMILES string of the molecule is NC[C@H](O)CCCBr. The molecule has 0 bridgehead atoms. The van der Waals surface area contributed by atoms with Gasteiger partial charge in [0.05, 0.1) is 6.10 Å². The van der Waals surface area contributed by atoms with Gasteiger partial charge in [-0.1, -0.05) is 15.9 Å². The third kappa shape index (κ3) is 4.56. The first-order valence-electron chi connectivity index (χ1n) is 2.75. The van der Waals surface area contributed by atoms with E-state index >= 15 is 0 Å². The Kier molecular flexibility index (Phi) is 5.81. The fourth-order valence-electron chi connectivity index (χ4n) is 0.431. The van der Waals surface area contributed by atoms with E-state index in [-0.39, 0.29) is 6.10 Å². The summed E-state index contributed by atoms with van der Waals surface area (Å²) in [5.41, 5.74) is 5.15. The molecule has 0 spiro atoms. The van der Waals surface area contributed by atoms with Crippen LogP contribution in [0.15, 0.2) is 0 Å². The van der Waals surface area contributed by atoms with E-state index in [0.717, 1.165) is 18.2 Å². The molecular weight excluding hydrogens is 170 g/mol. The van der Waals surface area contributed by atoms with Gasteiger partial charge in [-0.3, -0.25) is 0 Å². The maximum atomic E-state index is 8.84. The van der Waals surface area contributed by atoms with Gasteiger partial charge in [0.2, 0.25) is 0 Å². The maximum Gasteiger partial charge on any atom is 0.0662 e. The van der Waals surface area contributed by atoms with Crippen LogP contribution in [0.2, 0.25) is 0 Å². The van der Waals surface area contributed by atoms with Crippen LogP contribution in [-0.2, 0) is 0 Å². The number of halogens is 1. The molecule has 0 fully saturated rings. The number of hydrogen-bond donors (Lipinski definition) is 2. The van der Waals surface area contributed by atoms with Crippen LogP contribution in [0.3, 0.4) is 0 Å². The van der Waals surface area contributed by atoms with Crippen LogP contribution >= 0.6 is 15.9 Å². The Morgan fingerprint density at radius 2 is 2.25 bits per heavy atom. The number of alkyl halides is 1. The monoisotopic (exact) mass is 181 g/mol. The summed E-state index contributed by atoms with van der Waals surface area (Å²) in [6.45, 7) is 0.382. The topological polar surface area (TPSA) is 46.2 Å². The minimum Gasteiger partial charge on any atom is -0.392 e. The van der Waals surface area contributed by atoms with Crippen LogP contribution in [0.4, 0.5) is 0 Å². The highest BCUT2D eigenvalue weighted by atomic mass is 79.9. The highest BCUT2D eigenvalue weighted by molar-refractivity contribution is 9.09. The molecule has 0 aromatic heterocycles. The van der Waals surface area contributed by atoms with Crippen LogP contribution in [0.1, 0.15) is 12.8 Å². The minimum absolute atomic E-state index is 0.299. The Morgan fingerprint density at radius 1 is 1.62 bits per heavy atom. The Balaban J connectivity index is 2.86. The number of aliphatic hydroxyl groups excluding tert-OH is 1. The van der Waals surface area contributed by atoms with Crippen molar-refractivity contribution in [3.05, 3.63) is 0 Å². The molecule has 0 heterocycles. The second-order valence-electron chi connectivity index (χ2n) is 1.72. The zero-order valence-corrected chi connectivity index (χ0v) is 6.39. The van der Waals surface area contributed by atoms with Gasteiger partial charge in [-0.2, -0.15) is 0 Å². The molecule has 0 unspecified atom stereocenters. The van der Waals surface area contributed by atoms with E-state index in [4.69, 9.17) is 10.8 Å². The van der Waals surface area contributed by atoms with E-state index in [1.54, 1.807) is 0 Å². The van der Waals surface area contributed by atoms with Gasteiger partial charge < -0.3 is 10.8 Å². The lowest BCUT2D eigenvalue weighted by molar-refractivity contribution is 0.172. The lowest BCUT2D eigenvalue weighted by Gasteiger charge is -2.03. The zero-order valence-electron chi connectivity index (χ0n) is 4.81. The molecule has 0 amide bonds. The van der Waals surface area contributed by atoms with Crippen molar-refractivity contribution < 1.29 is 5.11 Å². The third-order valence-corrected chi connectivity index (χ3v) is 1.50. The summed E-state index contributed by atoms with van der Waals surface area (Å²) in [5, 5.41) is 9.79. The third-order valence-electron chi connectivity index (χ3n) is 0.943. The average molecular weight is 182 g/mol. The summed E-state index contributed by atoms with van der Waals surface area (Å²) >= 11 is 3.26. The Hall–Kier alpha value is 0.400. The fraction of sp³-hybridized carbons (Fsp3) is 1.00. The van der Waals surface area contributed by atoms with E-state index in [1.165, 1.54) is 0 Å². The van der Waals surface area contributed by atoms with Gasteiger partial charge in [-0.15, -0.1) is 0 Å². The highest BCUT2D eigenvalue weighted by Crippen LogP contribution is 1.97. The molecule has 0 aliphatic carbocycles. The van der Waals surface area contributed by atoms with Gasteiger partial charge in [0.1, 0.15) is 0 Å². The van der Waals surface area contributed by atoms with E-state index in [0.29, 0.717) is 6.54 Å². The first-order chi connectivity index (χ1) is 3.81. The summed E-state index contributed by atoms with van der Waals surface area (Å²) in [5.74, 6) is 0. The van der Waals surface area contributed by atoms with Crippen molar-refractivity contribution in [1.29, 1.82) is 0 Å². The molecule has 0 aromatic carbocycles. The molecule has 50 valence electrons. The van der Waals surface area contributed by atoms with Gasteiger partial charge in [-0.05, 0) is 12.8 Å². The Labute approximate surface area is 58.2 Å². The molecule has 0 aliphatic heterocycles. The average Bonchev–Trinajstić information content (AvgIpc) is 1.83. The van der Waals surface area contributed by atoms with E-state index in [2.05, 4.69) is 15.9 Å². The quantitative estimate of drug-likeness (QED) is 0.621. The molecule has 2 nitrogen and oxygen atoms in total. The molecule has 3 heteroatoms. The molecule has 1 atom stereocenters. The summed E-state index contributed by atoms with van der Waals surface area (Å²) in [4.78, 5) is 0. The molecule has 0 rings (SSSR count).